The second kappa shape index (κ2) is 8.43. The number of para-hydroxylation sites is 1. The smallest absolute Gasteiger partial charge is 0.276 e. The number of Topliss-reactive ketones (excluding diaryl/α,β-unsaturated/α-hetero) is 1. The van der Waals surface area contributed by atoms with Crippen LogP contribution < -0.4 is 10.6 Å². The van der Waals surface area contributed by atoms with Gasteiger partial charge < -0.3 is 10.6 Å². The number of hydrogen-bond acceptors (Lipinski definition) is 5. The molecule has 0 aliphatic heterocycles. The third-order valence-electron chi connectivity index (χ3n) is 4.29. The van der Waals surface area contributed by atoms with Crippen molar-refractivity contribution in [2.75, 3.05) is 10.6 Å². The summed E-state index contributed by atoms with van der Waals surface area (Å²) in [5, 5.41) is 14.1. The zero-order valence-electron chi connectivity index (χ0n) is 16.1. The van der Waals surface area contributed by atoms with Gasteiger partial charge in [-0.15, -0.1) is 10.2 Å². The molecule has 1 heterocycles. The quantitative estimate of drug-likeness (QED) is 0.606. The molecule has 3 rings (SSSR count). The Morgan fingerprint density at radius 2 is 1.61 bits per heavy atom. The lowest BCUT2D eigenvalue weighted by Crippen LogP contribution is -2.14. The molecule has 2 N–H and O–H groups in total. The minimum Gasteiger partial charge on any atom is -0.338 e. The largest absolute Gasteiger partial charge is 0.338 e. The third kappa shape index (κ3) is 4.59. The van der Waals surface area contributed by atoms with Gasteiger partial charge in [0, 0.05) is 16.9 Å². The van der Waals surface area contributed by atoms with E-state index in [0.29, 0.717) is 23.0 Å². The molecule has 6 heteroatoms. The van der Waals surface area contributed by atoms with Crippen molar-refractivity contribution in [2.24, 2.45) is 0 Å². The van der Waals surface area contributed by atoms with Gasteiger partial charge >= 0.3 is 0 Å². The molecule has 0 atom stereocenters. The van der Waals surface area contributed by atoms with Gasteiger partial charge in [-0.25, -0.2) is 0 Å². The molecule has 0 spiro atoms. The zero-order valence-corrected chi connectivity index (χ0v) is 16.1. The highest BCUT2D eigenvalue weighted by atomic mass is 16.2. The van der Waals surface area contributed by atoms with E-state index in [-0.39, 0.29) is 17.4 Å². The number of carbonyl (C=O) groups is 2. The first kappa shape index (κ1) is 19.2. The molecular formula is C22H22N4O2. The minimum absolute atomic E-state index is 0.0223. The van der Waals surface area contributed by atoms with E-state index in [4.69, 9.17) is 0 Å². The van der Waals surface area contributed by atoms with Gasteiger partial charge in [0.05, 0.1) is 0 Å². The van der Waals surface area contributed by atoms with Gasteiger partial charge in [0.25, 0.3) is 5.91 Å². The number of anilines is 3. The van der Waals surface area contributed by atoms with E-state index in [1.807, 2.05) is 18.2 Å². The maximum absolute atomic E-state index is 12.3. The fraction of sp³-hybridized carbons (Fsp3) is 0.182. The highest BCUT2D eigenvalue weighted by molar-refractivity contribution is 6.03. The molecule has 0 saturated carbocycles. The molecule has 1 amide bonds. The van der Waals surface area contributed by atoms with Gasteiger partial charge in [0.2, 0.25) is 0 Å². The standard InChI is InChI=1S/C22H22N4O2/c1-14(2)18-6-4-5-7-19(18)24-21-13-12-20(25-26-21)22(28)23-17-10-8-16(9-11-17)15(3)27/h4-14H,1-3H3,(H,23,28)(H,24,26). The number of hydrogen-bond donors (Lipinski definition) is 2. The number of benzene rings is 2. The molecule has 2 aromatic carbocycles. The predicted molar refractivity (Wildman–Crippen MR) is 110 cm³/mol. The number of nitrogens with one attached hydrogen (secondary N) is 2. The molecule has 0 fully saturated rings. The Bertz CT molecular complexity index is 980. The van der Waals surface area contributed by atoms with E-state index in [0.717, 1.165) is 5.69 Å². The molecule has 0 unspecified atom stereocenters. The van der Waals surface area contributed by atoms with Crippen molar-refractivity contribution in [3.8, 4) is 0 Å². The Morgan fingerprint density at radius 3 is 2.21 bits per heavy atom. The second-order valence-corrected chi connectivity index (χ2v) is 6.76. The number of rotatable bonds is 6. The Hall–Kier alpha value is -3.54. The molecule has 0 aliphatic carbocycles. The van der Waals surface area contributed by atoms with Crippen molar-refractivity contribution in [3.05, 3.63) is 77.5 Å². The third-order valence-corrected chi connectivity index (χ3v) is 4.29. The van der Waals surface area contributed by atoms with Crippen LogP contribution in [0, 0.1) is 0 Å². The van der Waals surface area contributed by atoms with Gasteiger partial charge in [0.15, 0.2) is 17.3 Å². The predicted octanol–water partition coefficient (Wildman–Crippen LogP) is 4.80. The topological polar surface area (TPSA) is 84.0 Å². The van der Waals surface area contributed by atoms with Crippen LogP contribution in [-0.2, 0) is 0 Å². The van der Waals surface area contributed by atoms with E-state index in [1.54, 1.807) is 36.4 Å². The fourth-order valence-electron chi connectivity index (χ4n) is 2.76. The second-order valence-electron chi connectivity index (χ2n) is 6.76. The lowest BCUT2D eigenvalue weighted by molar-refractivity contribution is 0.101. The molecular weight excluding hydrogens is 352 g/mol. The van der Waals surface area contributed by atoms with Crippen LogP contribution in [0.25, 0.3) is 0 Å². The van der Waals surface area contributed by atoms with Crippen molar-refractivity contribution in [3.63, 3.8) is 0 Å². The number of ketones is 1. The highest BCUT2D eigenvalue weighted by Gasteiger charge is 2.11. The normalized spacial score (nSPS) is 10.6. The van der Waals surface area contributed by atoms with Crippen LogP contribution in [0.1, 0.15) is 53.1 Å². The van der Waals surface area contributed by atoms with Crippen LogP contribution in [0.3, 0.4) is 0 Å². The van der Waals surface area contributed by atoms with Crippen molar-refractivity contribution >= 4 is 28.9 Å². The number of amides is 1. The maximum atomic E-state index is 12.3. The van der Waals surface area contributed by atoms with Crippen molar-refractivity contribution < 1.29 is 9.59 Å². The first-order valence-corrected chi connectivity index (χ1v) is 9.06. The molecule has 6 nitrogen and oxygen atoms in total. The summed E-state index contributed by atoms with van der Waals surface area (Å²) in [5.74, 6) is 0.551. The van der Waals surface area contributed by atoms with Crippen LogP contribution in [0.2, 0.25) is 0 Å². The molecule has 0 aliphatic rings. The molecule has 28 heavy (non-hydrogen) atoms. The number of aromatic nitrogens is 2. The summed E-state index contributed by atoms with van der Waals surface area (Å²) in [4.78, 5) is 23.7. The summed E-state index contributed by atoms with van der Waals surface area (Å²) in [7, 11) is 0. The van der Waals surface area contributed by atoms with Crippen LogP contribution in [0.5, 0.6) is 0 Å². The summed E-state index contributed by atoms with van der Waals surface area (Å²) in [6.07, 6.45) is 0. The SMILES string of the molecule is CC(=O)c1ccc(NC(=O)c2ccc(Nc3ccccc3C(C)C)nn2)cc1. The van der Waals surface area contributed by atoms with Gasteiger partial charge in [-0.2, -0.15) is 0 Å². The summed E-state index contributed by atoms with van der Waals surface area (Å²) in [5.41, 5.74) is 3.53. The average Bonchev–Trinajstić information content (AvgIpc) is 2.69. The molecule has 0 bridgehead atoms. The fourth-order valence-corrected chi connectivity index (χ4v) is 2.76. The van der Waals surface area contributed by atoms with E-state index < -0.39 is 0 Å². The summed E-state index contributed by atoms with van der Waals surface area (Å²) in [6.45, 7) is 5.75. The van der Waals surface area contributed by atoms with Crippen molar-refractivity contribution in [1.82, 2.24) is 10.2 Å². The van der Waals surface area contributed by atoms with E-state index in [9.17, 15) is 9.59 Å². The van der Waals surface area contributed by atoms with Gasteiger partial charge in [-0.1, -0.05) is 32.0 Å². The Morgan fingerprint density at radius 1 is 0.893 bits per heavy atom. The molecule has 142 valence electrons. The van der Waals surface area contributed by atoms with Crippen LogP contribution in [0.15, 0.2) is 60.7 Å². The van der Waals surface area contributed by atoms with Gasteiger partial charge in [-0.05, 0) is 60.9 Å². The summed E-state index contributed by atoms with van der Waals surface area (Å²) < 4.78 is 0. The summed E-state index contributed by atoms with van der Waals surface area (Å²) >= 11 is 0. The lowest BCUT2D eigenvalue weighted by Gasteiger charge is -2.13. The van der Waals surface area contributed by atoms with E-state index in [1.165, 1.54) is 12.5 Å². The van der Waals surface area contributed by atoms with E-state index in [2.05, 4.69) is 40.7 Å². The number of carbonyl (C=O) groups excluding carboxylic acids is 2. The molecule has 1 aromatic heterocycles. The van der Waals surface area contributed by atoms with Crippen LogP contribution in [0.4, 0.5) is 17.2 Å². The maximum Gasteiger partial charge on any atom is 0.276 e. The van der Waals surface area contributed by atoms with Gasteiger partial charge in [-0.3, -0.25) is 9.59 Å². The number of nitrogens with zero attached hydrogens (tertiary/aromatic N) is 2. The average molecular weight is 374 g/mol. The van der Waals surface area contributed by atoms with Gasteiger partial charge in [0.1, 0.15) is 0 Å². The van der Waals surface area contributed by atoms with Crippen molar-refractivity contribution in [1.29, 1.82) is 0 Å². The van der Waals surface area contributed by atoms with Crippen LogP contribution >= 0.6 is 0 Å². The van der Waals surface area contributed by atoms with Crippen molar-refractivity contribution in [2.45, 2.75) is 26.7 Å². The molecule has 0 radical (unpaired) electrons. The monoisotopic (exact) mass is 374 g/mol. The summed E-state index contributed by atoms with van der Waals surface area (Å²) in [6, 6.07) is 18.1. The lowest BCUT2D eigenvalue weighted by atomic mass is 10.0. The van der Waals surface area contributed by atoms with E-state index >= 15 is 0 Å². The molecule has 3 aromatic rings. The zero-order chi connectivity index (χ0) is 20.1. The minimum atomic E-state index is -0.364. The first-order valence-electron chi connectivity index (χ1n) is 9.06. The molecule has 0 saturated heterocycles. The Balaban J connectivity index is 1.68. The Labute approximate surface area is 164 Å². The Kier molecular flexibility index (Phi) is 5.79. The first-order chi connectivity index (χ1) is 13.4. The highest BCUT2D eigenvalue weighted by Crippen LogP contribution is 2.26. The van der Waals surface area contributed by atoms with Crippen LogP contribution in [-0.4, -0.2) is 21.9 Å².